The average Bonchev–Trinajstić information content (AvgIpc) is 2.76. The molecule has 0 spiro atoms. The molecule has 1 aliphatic heterocycles. The fourth-order valence-electron chi connectivity index (χ4n) is 3.56. The molecule has 168 valence electrons. The van der Waals surface area contributed by atoms with E-state index >= 15 is 0 Å². The van der Waals surface area contributed by atoms with E-state index in [2.05, 4.69) is 6.92 Å². The molecule has 0 saturated carbocycles. The fourth-order valence-corrected chi connectivity index (χ4v) is 3.56. The van der Waals surface area contributed by atoms with Crippen LogP contribution in [-0.4, -0.2) is 25.3 Å². The summed E-state index contributed by atoms with van der Waals surface area (Å²) in [6, 6.07) is 10.3. The Kier molecular flexibility index (Phi) is 7.96. The van der Waals surface area contributed by atoms with Crippen LogP contribution in [0.5, 0.6) is 11.5 Å². The third kappa shape index (κ3) is 5.79. The van der Waals surface area contributed by atoms with Gasteiger partial charge in [0.2, 0.25) is 0 Å². The van der Waals surface area contributed by atoms with Gasteiger partial charge in [0.05, 0.1) is 18.8 Å². The van der Waals surface area contributed by atoms with Gasteiger partial charge >= 0.3 is 5.97 Å². The van der Waals surface area contributed by atoms with Crippen LogP contribution in [0.25, 0.3) is 0 Å². The summed E-state index contributed by atoms with van der Waals surface area (Å²) in [5.41, 5.74) is 0.434. The summed E-state index contributed by atoms with van der Waals surface area (Å²) >= 11 is 0. The number of aryl methyl sites for hydroxylation is 1. The Morgan fingerprint density at radius 1 is 1.16 bits per heavy atom. The van der Waals surface area contributed by atoms with Gasteiger partial charge < -0.3 is 14.2 Å². The van der Waals surface area contributed by atoms with Gasteiger partial charge in [0.15, 0.2) is 17.7 Å². The monoisotopic (exact) mass is 436 g/mol. The van der Waals surface area contributed by atoms with Crippen molar-refractivity contribution in [3.8, 4) is 11.5 Å². The summed E-state index contributed by atoms with van der Waals surface area (Å²) in [6.07, 6.45) is -0.684. The molecule has 1 saturated heterocycles. The molecule has 2 atom stereocenters. The van der Waals surface area contributed by atoms with E-state index in [-0.39, 0.29) is 11.5 Å². The lowest BCUT2D eigenvalue weighted by atomic mass is 9.91. The molecular weight excluding hydrogens is 409 g/mol. The molecule has 0 bridgehead atoms. The molecule has 4 nitrogen and oxygen atoms in total. The number of carbonyl (C=O) groups is 1. The van der Waals surface area contributed by atoms with E-state index in [1.54, 1.807) is 0 Å². The minimum absolute atomic E-state index is 0.103. The summed E-state index contributed by atoms with van der Waals surface area (Å²) in [5, 5.41) is 0. The van der Waals surface area contributed by atoms with Crippen molar-refractivity contribution in [3.05, 3.63) is 58.9 Å². The van der Waals surface area contributed by atoms with Gasteiger partial charge in [-0.1, -0.05) is 31.5 Å². The molecule has 3 rings (SSSR count). The van der Waals surface area contributed by atoms with Crippen molar-refractivity contribution in [1.82, 2.24) is 0 Å². The smallest absolute Gasteiger partial charge is 0.340 e. The highest BCUT2D eigenvalue weighted by atomic mass is 19.3. The molecule has 7 heteroatoms. The van der Waals surface area contributed by atoms with E-state index in [4.69, 9.17) is 14.2 Å². The number of alkyl halides is 2. The van der Waals surface area contributed by atoms with E-state index in [9.17, 15) is 18.0 Å². The lowest BCUT2D eigenvalue weighted by molar-refractivity contribution is -0.151. The Morgan fingerprint density at radius 3 is 2.52 bits per heavy atom. The molecular formula is C24H27F3O4. The zero-order valence-corrected chi connectivity index (χ0v) is 17.7. The molecule has 2 aromatic carbocycles. The average molecular weight is 436 g/mol. The first-order valence-electron chi connectivity index (χ1n) is 10.5. The Labute approximate surface area is 180 Å². The van der Waals surface area contributed by atoms with Crippen molar-refractivity contribution in [2.24, 2.45) is 0 Å². The van der Waals surface area contributed by atoms with Crippen molar-refractivity contribution in [2.45, 2.75) is 58.0 Å². The van der Waals surface area contributed by atoms with Gasteiger partial charge in [-0.25, -0.2) is 18.0 Å². The van der Waals surface area contributed by atoms with Gasteiger partial charge in [0.25, 0.3) is 6.43 Å². The number of benzene rings is 2. The predicted octanol–water partition coefficient (Wildman–Crippen LogP) is 6.12. The van der Waals surface area contributed by atoms with Crippen LogP contribution >= 0.6 is 0 Å². The number of esters is 1. The Bertz CT molecular complexity index is 875. The van der Waals surface area contributed by atoms with Gasteiger partial charge in [-0.3, -0.25) is 0 Å². The number of unbranched alkanes of at least 4 members (excludes halogenated alkanes) is 1. The first kappa shape index (κ1) is 23.1. The van der Waals surface area contributed by atoms with Crippen LogP contribution < -0.4 is 9.47 Å². The topological polar surface area (TPSA) is 44.8 Å². The molecule has 1 aliphatic rings. The molecule has 0 radical (unpaired) electrons. The van der Waals surface area contributed by atoms with Crippen LogP contribution in [0, 0.1) is 12.7 Å². The van der Waals surface area contributed by atoms with Crippen LogP contribution in [-0.2, 0) is 9.53 Å². The highest BCUT2D eigenvalue weighted by Gasteiger charge is 2.30. The van der Waals surface area contributed by atoms with Gasteiger partial charge in [-0.15, -0.1) is 0 Å². The highest BCUT2D eigenvalue weighted by Crippen LogP contribution is 2.33. The number of hydrogen-bond acceptors (Lipinski definition) is 4. The third-order valence-corrected chi connectivity index (χ3v) is 5.45. The standard InChI is InChI=1S/C24H27F3O4/c1-3-4-13-29-18-9-6-16(7-10-18)17-8-12-20(30-14-17)24(28)31-19-11-5-15(2)21(22(19)25)23(26)27/h5-7,9-11,17,20,23H,3-4,8,12-14H2,1-2H3. The van der Waals surface area contributed by atoms with Crippen LogP contribution in [0.2, 0.25) is 0 Å². The Balaban J connectivity index is 1.55. The van der Waals surface area contributed by atoms with Crippen LogP contribution in [0.1, 0.15) is 61.6 Å². The highest BCUT2D eigenvalue weighted by molar-refractivity contribution is 5.77. The number of halogens is 3. The largest absolute Gasteiger partial charge is 0.494 e. The summed E-state index contributed by atoms with van der Waals surface area (Å²) in [6.45, 7) is 4.49. The summed E-state index contributed by atoms with van der Waals surface area (Å²) < 4.78 is 56.8. The zero-order chi connectivity index (χ0) is 22.4. The molecule has 31 heavy (non-hydrogen) atoms. The number of rotatable bonds is 8. The van der Waals surface area contributed by atoms with E-state index in [1.807, 2.05) is 24.3 Å². The quantitative estimate of drug-likeness (QED) is 0.284. The summed E-state index contributed by atoms with van der Waals surface area (Å²) in [4.78, 5) is 12.4. The number of ether oxygens (including phenoxy) is 3. The van der Waals surface area contributed by atoms with Gasteiger partial charge in [-0.05, 0) is 55.5 Å². The maximum atomic E-state index is 14.3. The second-order valence-corrected chi connectivity index (χ2v) is 7.70. The normalized spacial score (nSPS) is 18.8. The van der Waals surface area contributed by atoms with Crippen molar-refractivity contribution in [2.75, 3.05) is 13.2 Å². The molecule has 1 fully saturated rings. The second-order valence-electron chi connectivity index (χ2n) is 7.70. The van der Waals surface area contributed by atoms with Crippen molar-refractivity contribution in [1.29, 1.82) is 0 Å². The summed E-state index contributed by atoms with van der Waals surface area (Å²) in [7, 11) is 0. The van der Waals surface area contributed by atoms with Crippen LogP contribution in [0.3, 0.4) is 0 Å². The van der Waals surface area contributed by atoms with Crippen molar-refractivity contribution >= 4 is 5.97 Å². The molecule has 0 N–H and O–H groups in total. The van der Waals surface area contributed by atoms with Crippen LogP contribution in [0.4, 0.5) is 13.2 Å². The Hall–Kier alpha value is -2.54. The maximum absolute atomic E-state index is 14.3. The van der Waals surface area contributed by atoms with E-state index in [0.29, 0.717) is 26.1 Å². The molecule has 0 aliphatic carbocycles. The van der Waals surface area contributed by atoms with Crippen molar-refractivity contribution < 1.29 is 32.2 Å². The van der Waals surface area contributed by atoms with Gasteiger partial charge in [0, 0.05) is 5.92 Å². The first-order valence-corrected chi connectivity index (χ1v) is 10.5. The molecule has 1 heterocycles. The molecule has 2 unspecified atom stereocenters. The Morgan fingerprint density at radius 2 is 1.90 bits per heavy atom. The summed E-state index contributed by atoms with van der Waals surface area (Å²) in [5.74, 6) is -1.55. The number of carbonyl (C=O) groups excluding carboxylic acids is 1. The lowest BCUT2D eigenvalue weighted by Gasteiger charge is -2.28. The maximum Gasteiger partial charge on any atom is 0.340 e. The molecule has 2 aromatic rings. The minimum atomic E-state index is -2.99. The lowest BCUT2D eigenvalue weighted by Crippen LogP contribution is -2.34. The zero-order valence-electron chi connectivity index (χ0n) is 17.7. The molecule has 0 amide bonds. The predicted molar refractivity (Wildman–Crippen MR) is 110 cm³/mol. The molecule has 0 aromatic heterocycles. The van der Waals surface area contributed by atoms with Crippen LogP contribution in [0.15, 0.2) is 36.4 Å². The fraction of sp³-hybridized carbons (Fsp3) is 0.458. The third-order valence-electron chi connectivity index (χ3n) is 5.45. The van der Waals surface area contributed by atoms with Gasteiger partial charge in [-0.2, -0.15) is 0 Å². The minimum Gasteiger partial charge on any atom is -0.494 e. The van der Waals surface area contributed by atoms with E-state index in [0.717, 1.165) is 24.2 Å². The number of hydrogen-bond donors (Lipinski definition) is 0. The SMILES string of the molecule is CCCCOc1ccc(C2CCC(C(=O)Oc3ccc(C)c(C(F)F)c3F)OC2)cc1. The second kappa shape index (κ2) is 10.7. The van der Waals surface area contributed by atoms with Gasteiger partial charge in [0.1, 0.15) is 5.75 Å². The first-order chi connectivity index (χ1) is 14.9. The van der Waals surface area contributed by atoms with E-state index in [1.165, 1.54) is 19.1 Å². The van der Waals surface area contributed by atoms with E-state index < -0.39 is 35.6 Å². The van der Waals surface area contributed by atoms with Crippen molar-refractivity contribution in [3.63, 3.8) is 0 Å².